The number of carbonyl (C=O) groups excluding carboxylic acids is 1. The first-order valence-corrected chi connectivity index (χ1v) is 13.2. The van der Waals surface area contributed by atoms with Crippen molar-refractivity contribution >= 4 is 34.1 Å². The van der Waals surface area contributed by atoms with Gasteiger partial charge >= 0.3 is 5.97 Å². The number of fused-ring (bicyclic) bond motifs is 1. The number of carboxylic acid groups (broad SMARTS) is 1. The van der Waals surface area contributed by atoms with Crippen LogP contribution in [0.5, 0.6) is 11.5 Å². The lowest BCUT2D eigenvalue weighted by atomic mass is 9.95. The van der Waals surface area contributed by atoms with Crippen molar-refractivity contribution in [3.8, 4) is 22.1 Å². The molecule has 4 aromatic rings. The highest BCUT2D eigenvalue weighted by Crippen LogP contribution is 2.49. The van der Waals surface area contributed by atoms with Crippen LogP contribution in [0.3, 0.4) is 0 Å². The summed E-state index contributed by atoms with van der Waals surface area (Å²) >= 11 is 1.10. The first-order chi connectivity index (χ1) is 18.3. The van der Waals surface area contributed by atoms with Gasteiger partial charge in [-0.2, -0.15) is 0 Å². The number of methoxy groups -OCH3 is 1. The SMILES string of the molecule is CCOc1cc(-c2cc(C3(C(=O)NCCn4c(C)cc5c(OC)ccc(F)c54)CC3)ccn2)sc1C(=O)O. The van der Waals surface area contributed by atoms with Crippen LogP contribution in [-0.4, -0.2) is 46.8 Å². The van der Waals surface area contributed by atoms with Gasteiger partial charge in [0, 0.05) is 36.4 Å². The maximum Gasteiger partial charge on any atom is 0.349 e. The molecule has 3 aromatic heterocycles. The zero-order valence-corrected chi connectivity index (χ0v) is 22.2. The molecule has 5 rings (SSSR count). The van der Waals surface area contributed by atoms with Gasteiger partial charge in [0.2, 0.25) is 5.91 Å². The standard InChI is InChI=1S/C28H28FN3O5S/c1-4-37-22-15-23(38-25(22)26(33)34)20-14-17(7-10-30-20)28(8-9-28)27(35)31-11-12-32-16(2)13-18-21(36-3)6-5-19(29)24(18)32/h5-7,10,13-15H,4,8-9,11-12H2,1-3H3,(H,31,35)(H,33,34). The largest absolute Gasteiger partial charge is 0.496 e. The molecule has 1 aliphatic carbocycles. The second-order valence-electron chi connectivity index (χ2n) is 9.26. The normalized spacial score (nSPS) is 13.9. The highest BCUT2D eigenvalue weighted by atomic mass is 32.1. The summed E-state index contributed by atoms with van der Waals surface area (Å²) in [6, 6.07) is 10.2. The third-order valence-corrected chi connectivity index (χ3v) is 8.09. The van der Waals surface area contributed by atoms with Gasteiger partial charge in [-0.1, -0.05) is 0 Å². The minimum absolute atomic E-state index is 0.0887. The van der Waals surface area contributed by atoms with Gasteiger partial charge in [-0.25, -0.2) is 9.18 Å². The molecule has 10 heteroatoms. The Morgan fingerprint density at radius 3 is 2.68 bits per heavy atom. The molecule has 1 fully saturated rings. The number of aryl methyl sites for hydroxylation is 1. The molecule has 0 aliphatic heterocycles. The molecule has 0 spiro atoms. The van der Waals surface area contributed by atoms with E-state index >= 15 is 0 Å². The Labute approximate surface area is 223 Å². The van der Waals surface area contributed by atoms with E-state index < -0.39 is 11.4 Å². The number of carbonyl (C=O) groups is 2. The second kappa shape index (κ2) is 10.1. The molecule has 0 atom stereocenters. The van der Waals surface area contributed by atoms with Crippen molar-refractivity contribution in [3.05, 3.63) is 64.5 Å². The number of nitrogens with zero attached hydrogens (tertiary/aromatic N) is 2. The highest BCUT2D eigenvalue weighted by molar-refractivity contribution is 7.17. The highest BCUT2D eigenvalue weighted by Gasteiger charge is 2.51. The summed E-state index contributed by atoms with van der Waals surface area (Å²) in [4.78, 5) is 30.2. The molecule has 2 N–H and O–H groups in total. The third-order valence-electron chi connectivity index (χ3n) is 6.96. The lowest BCUT2D eigenvalue weighted by Gasteiger charge is -2.17. The van der Waals surface area contributed by atoms with Gasteiger partial charge in [-0.05, 0) is 62.6 Å². The van der Waals surface area contributed by atoms with Gasteiger partial charge in [0.1, 0.15) is 17.3 Å². The molecule has 38 heavy (non-hydrogen) atoms. The van der Waals surface area contributed by atoms with Crippen molar-refractivity contribution in [1.82, 2.24) is 14.9 Å². The fourth-order valence-corrected chi connectivity index (χ4v) is 5.81. The first-order valence-electron chi connectivity index (χ1n) is 12.4. The van der Waals surface area contributed by atoms with E-state index in [2.05, 4.69) is 10.3 Å². The summed E-state index contributed by atoms with van der Waals surface area (Å²) in [7, 11) is 1.56. The van der Waals surface area contributed by atoms with Crippen molar-refractivity contribution in [3.63, 3.8) is 0 Å². The molecule has 1 aromatic carbocycles. The van der Waals surface area contributed by atoms with Crippen LogP contribution in [0.4, 0.5) is 4.39 Å². The fraction of sp³-hybridized carbons (Fsp3) is 0.321. The number of aromatic nitrogens is 2. The summed E-state index contributed by atoms with van der Waals surface area (Å²) in [5.74, 6) is -0.562. The predicted molar refractivity (Wildman–Crippen MR) is 143 cm³/mol. The van der Waals surface area contributed by atoms with E-state index in [1.165, 1.54) is 6.07 Å². The molecule has 1 amide bonds. The summed E-state index contributed by atoms with van der Waals surface area (Å²) in [6.45, 7) is 4.80. The third kappa shape index (κ3) is 4.49. The van der Waals surface area contributed by atoms with E-state index in [9.17, 15) is 19.1 Å². The Kier molecular flexibility index (Phi) is 6.83. The number of nitrogens with one attached hydrogen (secondary N) is 1. The van der Waals surface area contributed by atoms with Crippen LogP contribution in [-0.2, 0) is 16.8 Å². The fourth-order valence-electron chi connectivity index (χ4n) is 4.90. The average molecular weight is 538 g/mol. The number of benzene rings is 1. The van der Waals surface area contributed by atoms with Gasteiger partial charge in [0.25, 0.3) is 0 Å². The van der Waals surface area contributed by atoms with E-state index in [4.69, 9.17) is 9.47 Å². The van der Waals surface area contributed by atoms with Crippen LogP contribution < -0.4 is 14.8 Å². The number of ether oxygens (including phenoxy) is 2. The van der Waals surface area contributed by atoms with E-state index in [0.717, 1.165) is 22.6 Å². The van der Waals surface area contributed by atoms with E-state index in [-0.39, 0.29) is 16.6 Å². The molecule has 1 aliphatic rings. The Morgan fingerprint density at radius 2 is 2.00 bits per heavy atom. The minimum Gasteiger partial charge on any atom is -0.496 e. The summed E-state index contributed by atoms with van der Waals surface area (Å²) in [5, 5.41) is 13.3. The Bertz CT molecular complexity index is 1540. The number of carboxylic acids is 1. The topological polar surface area (TPSA) is 103 Å². The van der Waals surface area contributed by atoms with E-state index in [0.29, 0.717) is 65.5 Å². The quantitative estimate of drug-likeness (QED) is 0.290. The number of halogens is 1. The van der Waals surface area contributed by atoms with Gasteiger partial charge in [-0.3, -0.25) is 9.78 Å². The number of rotatable bonds is 10. The Balaban J connectivity index is 1.33. The number of hydrogen-bond donors (Lipinski definition) is 2. The maximum atomic E-state index is 14.7. The number of thiophene rings is 1. The molecule has 198 valence electrons. The van der Waals surface area contributed by atoms with E-state index in [1.807, 2.05) is 29.7 Å². The lowest BCUT2D eigenvalue weighted by molar-refractivity contribution is -0.123. The van der Waals surface area contributed by atoms with Crippen molar-refractivity contribution in [2.24, 2.45) is 0 Å². The zero-order chi connectivity index (χ0) is 27.0. The van der Waals surface area contributed by atoms with Crippen molar-refractivity contribution in [1.29, 1.82) is 0 Å². The molecular formula is C28H28FN3O5S. The molecule has 8 nitrogen and oxygen atoms in total. The van der Waals surface area contributed by atoms with Crippen LogP contribution in [0, 0.1) is 12.7 Å². The molecule has 1 saturated carbocycles. The smallest absolute Gasteiger partial charge is 0.349 e. The summed E-state index contributed by atoms with van der Waals surface area (Å²) in [6.07, 6.45) is 3.05. The van der Waals surface area contributed by atoms with Crippen LogP contribution in [0.2, 0.25) is 0 Å². The van der Waals surface area contributed by atoms with Crippen LogP contribution in [0.15, 0.2) is 42.6 Å². The number of hydrogen-bond acceptors (Lipinski definition) is 6. The lowest BCUT2D eigenvalue weighted by Crippen LogP contribution is -2.36. The van der Waals surface area contributed by atoms with Crippen molar-refractivity contribution < 1.29 is 28.6 Å². The minimum atomic E-state index is -1.05. The van der Waals surface area contributed by atoms with Gasteiger partial charge in [0.05, 0.1) is 35.2 Å². The Hall–Kier alpha value is -3.92. The second-order valence-corrected chi connectivity index (χ2v) is 10.3. The van der Waals surface area contributed by atoms with Crippen molar-refractivity contribution in [2.45, 2.75) is 38.6 Å². The summed E-state index contributed by atoms with van der Waals surface area (Å²) < 4.78 is 27.4. The first kappa shape index (κ1) is 25.7. The number of amides is 1. The summed E-state index contributed by atoms with van der Waals surface area (Å²) in [5.41, 5.74) is 2.11. The molecule has 0 radical (unpaired) electrons. The average Bonchev–Trinajstić information content (AvgIpc) is 3.50. The van der Waals surface area contributed by atoms with Gasteiger partial charge < -0.3 is 24.5 Å². The van der Waals surface area contributed by atoms with Crippen LogP contribution in [0.25, 0.3) is 21.5 Å². The molecule has 0 bridgehead atoms. The zero-order valence-electron chi connectivity index (χ0n) is 21.3. The number of pyridine rings is 1. The van der Waals surface area contributed by atoms with Gasteiger partial charge in [0.15, 0.2) is 4.88 Å². The monoisotopic (exact) mass is 537 g/mol. The molecule has 0 saturated heterocycles. The molecule has 3 heterocycles. The molecule has 0 unspecified atom stereocenters. The molecular weight excluding hydrogens is 509 g/mol. The van der Waals surface area contributed by atoms with Gasteiger partial charge in [-0.15, -0.1) is 11.3 Å². The number of aromatic carboxylic acids is 1. The Morgan fingerprint density at radius 1 is 1.21 bits per heavy atom. The van der Waals surface area contributed by atoms with E-state index in [1.54, 1.807) is 32.4 Å². The predicted octanol–water partition coefficient (Wildman–Crippen LogP) is 5.17. The van der Waals surface area contributed by atoms with Crippen LogP contribution >= 0.6 is 11.3 Å². The van der Waals surface area contributed by atoms with Crippen molar-refractivity contribution in [2.75, 3.05) is 20.3 Å². The van der Waals surface area contributed by atoms with Crippen LogP contribution in [0.1, 0.15) is 40.7 Å². The maximum absolute atomic E-state index is 14.7.